The van der Waals surface area contributed by atoms with Gasteiger partial charge in [0, 0.05) is 62.4 Å². The lowest BCUT2D eigenvalue weighted by atomic mass is 9.98. The number of anilines is 1. The van der Waals surface area contributed by atoms with E-state index in [-0.39, 0.29) is 0 Å². The topological polar surface area (TPSA) is 44.3 Å². The average molecular weight is 335 g/mol. The van der Waals surface area contributed by atoms with Crippen molar-refractivity contribution in [1.29, 1.82) is 0 Å². The van der Waals surface area contributed by atoms with Crippen LogP contribution in [0.2, 0.25) is 0 Å². The third-order valence-electron chi connectivity index (χ3n) is 4.71. The molecule has 1 aliphatic heterocycles. The smallest absolute Gasteiger partial charge is 0.129 e. The molecular formula is C20H25N5. The van der Waals surface area contributed by atoms with E-state index in [4.69, 9.17) is 4.98 Å². The second kappa shape index (κ2) is 7.51. The molecule has 0 unspecified atom stereocenters. The molecule has 0 aromatic carbocycles. The fraction of sp³-hybridized carbons (Fsp3) is 0.350. The first kappa shape index (κ1) is 17.2. The van der Waals surface area contributed by atoms with E-state index in [1.807, 2.05) is 32.4 Å². The van der Waals surface area contributed by atoms with Crippen LogP contribution < -0.4 is 10.2 Å². The molecule has 3 rings (SSSR count). The van der Waals surface area contributed by atoms with Gasteiger partial charge in [-0.25, -0.2) is 4.98 Å². The number of nitrogens with one attached hydrogen (secondary N) is 1. The maximum atomic E-state index is 4.72. The van der Waals surface area contributed by atoms with E-state index in [1.54, 1.807) is 0 Å². The molecule has 0 amide bonds. The molecule has 130 valence electrons. The Hall–Kier alpha value is -2.62. The van der Waals surface area contributed by atoms with Gasteiger partial charge in [-0.05, 0) is 31.7 Å². The zero-order valence-corrected chi connectivity index (χ0v) is 15.2. The maximum absolute atomic E-state index is 4.72. The van der Waals surface area contributed by atoms with E-state index in [0.717, 1.165) is 60.1 Å². The summed E-state index contributed by atoms with van der Waals surface area (Å²) in [7, 11) is 4.04. The number of piperazine rings is 1. The fourth-order valence-corrected chi connectivity index (χ4v) is 3.16. The van der Waals surface area contributed by atoms with Crippen molar-refractivity contribution >= 4 is 11.5 Å². The number of pyridine rings is 2. The van der Waals surface area contributed by atoms with Crippen LogP contribution in [-0.2, 0) is 0 Å². The molecule has 2 aromatic rings. The summed E-state index contributed by atoms with van der Waals surface area (Å²) < 4.78 is 0. The number of aryl methyl sites for hydroxylation is 1. The summed E-state index contributed by atoms with van der Waals surface area (Å²) in [5.41, 5.74) is 8.03. The highest BCUT2D eigenvalue weighted by atomic mass is 15.3. The van der Waals surface area contributed by atoms with Gasteiger partial charge >= 0.3 is 0 Å². The zero-order valence-electron chi connectivity index (χ0n) is 15.2. The molecule has 0 atom stereocenters. The Labute approximate surface area is 149 Å². The number of rotatable bonds is 4. The summed E-state index contributed by atoms with van der Waals surface area (Å²) in [4.78, 5) is 13.9. The Balaban J connectivity index is 2.09. The molecule has 1 N–H and O–H groups in total. The first-order chi connectivity index (χ1) is 12.1. The van der Waals surface area contributed by atoms with Crippen molar-refractivity contribution in [3.63, 3.8) is 0 Å². The summed E-state index contributed by atoms with van der Waals surface area (Å²) in [6, 6.07) is 6.24. The highest BCUT2D eigenvalue weighted by molar-refractivity contribution is 5.82. The van der Waals surface area contributed by atoms with Crippen molar-refractivity contribution in [2.24, 2.45) is 0 Å². The van der Waals surface area contributed by atoms with Gasteiger partial charge in [-0.15, -0.1) is 5.73 Å². The predicted octanol–water partition coefficient (Wildman–Crippen LogP) is 2.55. The minimum absolute atomic E-state index is 0.843. The standard InChI is InChI=1S/C20H25N5/c1-5-19(21-3)18-14-23-20(25-11-9-24(4)10-12-25)13-17(18)16-7-6-8-22-15(16)2/h6-8,13-14,21H,1,9-12H2,2-4H3. The molecule has 5 nitrogen and oxygen atoms in total. The number of likely N-dealkylation sites (N-methyl/N-ethyl adjacent to an activating group) is 1. The average Bonchev–Trinajstić information content (AvgIpc) is 2.64. The minimum atomic E-state index is 0.843. The molecule has 0 saturated carbocycles. The highest BCUT2D eigenvalue weighted by Gasteiger charge is 2.19. The second-order valence-electron chi connectivity index (χ2n) is 6.32. The first-order valence-electron chi connectivity index (χ1n) is 8.57. The van der Waals surface area contributed by atoms with E-state index in [0.29, 0.717) is 0 Å². The summed E-state index contributed by atoms with van der Waals surface area (Å²) >= 11 is 0. The van der Waals surface area contributed by atoms with Crippen LogP contribution in [0, 0.1) is 6.92 Å². The Kier molecular flexibility index (Phi) is 5.17. The van der Waals surface area contributed by atoms with Crippen LogP contribution in [0.4, 0.5) is 5.82 Å². The molecule has 25 heavy (non-hydrogen) atoms. The van der Waals surface area contributed by atoms with Crippen molar-refractivity contribution in [2.75, 3.05) is 45.2 Å². The Morgan fingerprint density at radius 1 is 1.20 bits per heavy atom. The molecule has 0 aliphatic carbocycles. The Bertz CT molecular complexity index is 799. The minimum Gasteiger partial charge on any atom is -0.381 e. The molecule has 1 aliphatic rings. The van der Waals surface area contributed by atoms with Gasteiger partial charge in [-0.3, -0.25) is 4.98 Å². The van der Waals surface area contributed by atoms with Crippen molar-refractivity contribution < 1.29 is 0 Å². The van der Waals surface area contributed by atoms with Gasteiger partial charge in [0.15, 0.2) is 0 Å². The normalized spacial score (nSPS) is 14.9. The molecular weight excluding hydrogens is 310 g/mol. The summed E-state index contributed by atoms with van der Waals surface area (Å²) in [5.74, 6) is 1.01. The number of aromatic nitrogens is 2. The molecule has 2 aromatic heterocycles. The van der Waals surface area contributed by atoms with Gasteiger partial charge in [0.2, 0.25) is 0 Å². The second-order valence-corrected chi connectivity index (χ2v) is 6.32. The third-order valence-corrected chi connectivity index (χ3v) is 4.71. The van der Waals surface area contributed by atoms with E-state index in [2.05, 4.69) is 51.6 Å². The van der Waals surface area contributed by atoms with Crippen LogP contribution in [0.1, 0.15) is 11.3 Å². The summed E-state index contributed by atoms with van der Waals surface area (Å²) in [6.07, 6.45) is 3.74. The van der Waals surface area contributed by atoms with Gasteiger partial charge in [0.1, 0.15) is 5.82 Å². The van der Waals surface area contributed by atoms with Crippen molar-refractivity contribution in [1.82, 2.24) is 20.2 Å². The van der Waals surface area contributed by atoms with Crippen molar-refractivity contribution in [2.45, 2.75) is 6.92 Å². The van der Waals surface area contributed by atoms with E-state index < -0.39 is 0 Å². The Morgan fingerprint density at radius 2 is 1.96 bits per heavy atom. The molecule has 0 spiro atoms. The van der Waals surface area contributed by atoms with Crippen molar-refractivity contribution in [3.8, 4) is 11.1 Å². The van der Waals surface area contributed by atoms with Crippen LogP contribution in [-0.4, -0.2) is 55.1 Å². The van der Waals surface area contributed by atoms with Gasteiger partial charge in [0.05, 0.1) is 5.70 Å². The zero-order chi connectivity index (χ0) is 17.8. The highest BCUT2D eigenvalue weighted by Crippen LogP contribution is 2.31. The van der Waals surface area contributed by atoms with Crippen LogP contribution in [0.5, 0.6) is 0 Å². The van der Waals surface area contributed by atoms with Crippen LogP contribution >= 0.6 is 0 Å². The first-order valence-corrected chi connectivity index (χ1v) is 8.57. The van der Waals surface area contributed by atoms with Gasteiger partial charge in [-0.1, -0.05) is 12.6 Å². The number of hydrogen-bond acceptors (Lipinski definition) is 5. The Morgan fingerprint density at radius 3 is 2.60 bits per heavy atom. The van der Waals surface area contributed by atoms with Gasteiger partial charge in [-0.2, -0.15) is 0 Å². The quantitative estimate of drug-likeness (QED) is 0.870. The molecule has 0 radical (unpaired) electrons. The molecule has 1 fully saturated rings. The summed E-state index contributed by atoms with van der Waals surface area (Å²) in [5, 5.41) is 3.16. The van der Waals surface area contributed by atoms with E-state index in [9.17, 15) is 0 Å². The SMILES string of the molecule is C=C=C(NC)c1cnc(N2CCN(C)CC2)cc1-c1cccnc1C. The van der Waals surface area contributed by atoms with Crippen LogP contribution in [0.3, 0.4) is 0 Å². The van der Waals surface area contributed by atoms with Gasteiger partial charge in [0.25, 0.3) is 0 Å². The lowest BCUT2D eigenvalue weighted by Crippen LogP contribution is -2.44. The molecule has 0 bridgehead atoms. The summed E-state index contributed by atoms with van der Waals surface area (Å²) in [6.45, 7) is 9.93. The van der Waals surface area contributed by atoms with Crippen molar-refractivity contribution in [3.05, 3.63) is 54.2 Å². The fourth-order valence-electron chi connectivity index (χ4n) is 3.16. The molecule has 1 saturated heterocycles. The van der Waals surface area contributed by atoms with Crippen LogP contribution in [0.15, 0.2) is 42.9 Å². The third kappa shape index (κ3) is 3.58. The lowest BCUT2D eigenvalue weighted by molar-refractivity contribution is 0.312. The lowest BCUT2D eigenvalue weighted by Gasteiger charge is -2.33. The van der Waals surface area contributed by atoms with Gasteiger partial charge < -0.3 is 15.1 Å². The molecule has 3 heterocycles. The largest absolute Gasteiger partial charge is 0.381 e. The monoisotopic (exact) mass is 335 g/mol. The number of nitrogens with zero attached hydrogens (tertiary/aromatic N) is 4. The predicted molar refractivity (Wildman–Crippen MR) is 104 cm³/mol. The number of hydrogen-bond donors (Lipinski definition) is 1. The van der Waals surface area contributed by atoms with E-state index in [1.165, 1.54) is 0 Å². The molecule has 5 heteroatoms. The van der Waals surface area contributed by atoms with E-state index >= 15 is 0 Å². The van der Waals surface area contributed by atoms with Crippen LogP contribution in [0.25, 0.3) is 16.8 Å². The maximum Gasteiger partial charge on any atom is 0.129 e.